The SMILES string of the molecule is CC\C=C/C=C\C=C/C=C\C=C/CCCC(=O)OCC(COC(=O)CCCCC\C=C/C=C/C=C\C=C/C=C\C=C/CC)OC(=O)CC/C=C\C/C=C\C/C=C\C/C=C\C/C=C\CC. The fourth-order valence-corrected chi connectivity index (χ4v) is 5.20. The molecule has 0 aromatic carbocycles. The first kappa shape index (κ1) is 58.2. The third kappa shape index (κ3) is 47.3. The molecule has 6 nitrogen and oxygen atoms in total. The van der Waals surface area contributed by atoms with E-state index in [-0.39, 0.29) is 44.4 Å². The predicted octanol–water partition coefficient (Wildman–Crippen LogP) is 15.6. The summed E-state index contributed by atoms with van der Waals surface area (Å²) in [7, 11) is 0. The monoisotopic (exact) mass is 873 g/mol. The van der Waals surface area contributed by atoms with E-state index in [0.29, 0.717) is 19.3 Å². The first-order chi connectivity index (χ1) is 31.5. The molecule has 0 saturated carbocycles. The Morgan fingerprint density at radius 1 is 0.328 bits per heavy atom. The normalized spacial score (nSPS) is 13.9. The molecular formula is C58H80O6. The largest absolute Gasteiger partial charge is 0.462 e. The first-order valence-corrected chi connectivity index (χ1v) is 23.6. The van der Waals surface area contributed by atoms with Crippen LogP contribution in [0, 0.1) is 0 Å². The van der Waals surface area contributed by atoms with Gasteiger partial charge in [0.15, 0.2) is 6.10 Å². The summed E-state index contributed by atoms with van der Waals surface area (Å²) >= 11 is 0. The molecule has 0 bridgehead atoms. The lowest BCUT2D eigenvalue weighted by Gasteiger charge is -2.18. The Bertz CT molecular complexity index is 1660. The zero-order chi connectivity index (χ0) is 46.5. The summed E-state index contributed by atoms with van der Waals surface area (Å²) in [6, 6.07) is 0. The van der Waals surface area contributed by atoms with Gasteiger partial charge in [-0.05, 0) is 83.5 Å². The van der Waals surface area contributed by atoms with Crippen LogP contribution in [0.2, 0.25) is 0 Å². The van der Waals surface area contributed by atoms with Crippen LogP contribution < -0.4 is 0 Å². The number of unbranched alkanes of at least 4 members (excludes halogenated alkanes) is 4. The molecule has 348 valence electrons. The molecule has 1 atom stereocenters. The lowest BCUT2D eigenvalue weighted by molar-refractivity contribution is -0.166. The van der Waals surface area contributed by atoms with Crippen molar-refractivity contribution in [1.29, 1.82) is 0 Å². The van der Waals surface area contributed by atoms with Crippen LogP contribution in [0.3, 0.4) is 0 Å². The number of carbonyl (C=O) groups is 3. The molecule has 0 spiro atoms. The topological polar surface area (TPSA) is 78.9 Å². The van der Waals surface area contributed by atoms with Crippen molar-refractivity contribution in [2.45, 2.75) is 136 Å². The minimum atomic E-state index is -0.877. The van der Waals surface area contributed by atoms with Crippen molar-refractivity contribution < 1.29 is 28.6 Å². The summed E-state index contributed by atoms with van der Waals surface area (Å²) in [5, 5.41) is 0. The maximum Gasteiger partial charge on any atom is 0.306 e. The van der Waals surface area contributed by atoms with Crippen molar-refractivity contribution in [3.8, 4) is 0 Å². The van der Waals surface area contributed by atoms with E-state index in [1.165, 1.54) is 0 Å². The van der Waals surface area contributed by atoms with Crippen LogP contribution >= 0.6 is 0 Å². The van der Waals surface area contributed by atoms with E-state index in [0.717, 1.165) is 70.6 Å². The zero-order valence-electron chi connectivity index (χ0n) is 39.4. The smallest absolute Gasteiger partial charge is 0.306 e. The van der Waals surface area contributed by atoms with Gasteiger partial charge in [0.05, 0.1) is 0 Å². The molecule has 6 heteroatoms. The van der Waals surface area contributed by atoms with Gasteiger partial charge >= 0.3 is 17.9 Å². The Hall–Kier alpha value is -5.75. The quantitative estimate of drug-likeness (QED) is 0.0202. The van der Waals surface area contributed by atoms with Crippen LogP contribution in [0.25, 0.3) is 0 Å². The average Bonchev–Trinajstić information content (AvgIpc) is 3.29. The van der Waals surface area contributed by atoms with E-state index in [9.17, 15) is 14.4 Å². The maximum absolute atomic E-state index is 12.7. The van der Waals surface area contributed by atoms with Gasteiger partial charge in [0.25, 0.3) is 0 Å². The van der Waals surface area contributed by atoms with Crippen molar-refractivity contribution in [2.24, 2.45) is 0 Å². The molecule has 0 amide bonds. The molecule has 0 heterocycles. The van der Waals surface area contributed by atoms with E-state index >= 15 is 0 Å². The minimum absolute atomic E-state index is 0.166. The summed E-state index contributed by atoms with van der Waals surface area (Å²) in [6.45, 7) is 6.01. The van der Waals surface area contributed by atoms with Gasteiger partial charge in [-0.3, -0.25) is 14.4 Å². The third-order valence-corrected chi connectivity index (χ3v) is 8.63. The highest BCUT2D eigenvalue weighted by atomic mass is 16.6. The molecule has 0 radical (unpaired) electrons. The number of carbonyl (C=O) groups excluding carboxylic acids is 3. The summed E-state index contributed by atoms with van der Waals surface area (Å²) in [5.74, 6) is -1.19. The Labute approximate surface area is 388 Å². The van der Waals surface area contributed by atoms with E-state index < -0.39 is 12.1 Å². The predicted molar refractivity (Wildman–Crippen MR) is 274 cm³/mol. The molecule has 0 aromatic rings. The van der Waals surface area contributed by atoms with Crippen molar-refractivity contribution in [1.82, 2.24) is 0 Å². The van der Waals surface area contributed by atoms with Gasteiger partial charge < -0.3 is 14.2 Å². The first-order valence-electron chi connectivity index (χ1n) is 23.6. The fraction of sp³-hybridized carbons (Fsp3) is 0.397. The van der Waals surface area contributed by atoms with Gasteiger partial charge in [-0.25, -0.2) is 0 Å². The molecule has 0 N–H and O–H groups in total. The number of ether oxygens (including phenoxy) is 3. The highest BCUT2D eigenvalue weighted by Gasteiger charge is 2.19. The van der Waals surface area contributed by atoms with Crippen molar-refractivity contribution in [3.05, 3.63) is 194 Å². The van der Waals surface area contributed by atoms with Gasteiger partial charge in [0.2, 0.25) is 0 Å². The van der Waals surface area contributed by atoms with Crippen LogP contribution in [0.5, 0.6) is 0 Å². The second-order valence-electron chi connectivity index (χ2n) is 14.4. The van der Waals surface area contributed by atoms with Crippen LogP contribution in [-0.4, -0.2) is 37.2 Å². The fourth-order valence-electron chi connectivity index (χ4n) is 5.20. The molecule has 0 aliphatic heterocycles. The highest BCUT2D eigenvalue weighted by Crippen LogP contribution is 2.08. The second kappa shape index (κ2) is 49.9. The Morgan fingerprint density at radius 3 is 1.12 bits per heavy atom. The van der Waals surface area contributed by atoms with E-state index in [4.69, 9.17) is 14.2 Å². The summed E-state index contributed by atoms with van der Waals surface area (Å²) in [4.78, 5) is 37.8. The number of rotatable bonds is 38. The van der Waals surface area contributed by atoms with Crippen molar-refractivity contribution in [2.75, 3.05) is 13.2 Å². The number of allylic oxidation sites excluding steroid dienone is 32. The van der Waals surface area contributed by atoms with Gasteiger partial charge in [-0.2, -0.15) is 0 Å². The summed E-state index contributed by atoms with van der Waals surface area (Å²) in [6.07, 6.45) is 77.1. The van der Waals surface area contributed by atoms with Gasteiger partial charge in [-0.1, -0.05) is 222 Å². The standard InChI is InChI=1S/C58H80O6/c1-4-7-10-13-16-19-22-25-27-29-31-33-36-39-42-45-48-51-57(60)63-54-55(53-62-56(59)50-47-44-41-38-35-32-24-21-18-15-12-9-6-3)64-58(61)52-49-46-43-40-37-34-30-28-26-23-20-17-14-11-8-5-2/h7-13,15-22,24-29,31-38,41,43,46,55H,4-6,14,23,30,39-40,42,44-45,47-54H2,1-3H3/b10-7-,11-8-,12-9-,16-13-,18-15-,20-17-,22-19-,24-21-,27-25-,28-26-,31-29+,35-32-,36-33-,37-34-,41-38-,46-43-. The minimum Gasteiger partial charge on any atom is -0.462 e. The summed E-state index contributed by atoms with van der Waals surface area (Å²) < 4.78 is 16.6. The van der Waals surface area contributed by atoms with Gasteiger partial charge in [0, 0.05) is 19.3 Å². The Balaban J connectivity index is 4.76. The second-order valence-corrected chi connectivity index (χ2v) is 14.4. The molecule has 0 aliphatic carbocycles. The Kier molecular flexibility index (Phi) is 45.4. The maximum atomic E-state index is 12.7. The number of hydrogen-bond acceptors (Lipinski definition) is 6. The molecule has 0 fully saturated rings. The van der Waals surface area contributed by atoms with Crippen molar-refractivity contribution in [3.63, 3.8) is 0 Å². The van der Waals surface area contributed by atoms with Crippen LogP contribution in [0.15, 0.2) is 194 Å². The molecular weight excluding hydrogens is 793 g/mol. The number of esters is 3. The number of hydrogen-bond donors (Lipinski definition) is 0. The molecule has 1 unspecified atom stereocenters. The van der Waals surface area contributed by atoms with Gasteiger partial charge in [-0.15, -0.1) is 0 Å². The Morgan fingerprint density at radius 2 is 0.688 bits per heavy atom. The van der Waals surface area contributed by atoms with Crippen LogP contribution in [0.1, 0.15) is 130 Å². The molecule has 0 aromatic heterocycles. The molecule has 64 heavy (non-hydrogen) atoms. The summed E-state index contributed by atoms with van der Waals surface area (Å²) in [5.41, 5.74) is 0. The van der Waals surface area contributed by atoms with Gasteiger partial charge in [0.1, 0.15) is 13.2 Å². The lowest BCUT2D eigenvalue weighted by Crippen LogP contribution is -2.30. The van der Waals surface area contributed by atoms with E-state index in [1.54, 1.807) is 0 Å². The molecule has 0 rings (SSSR count). The third-order valence-electron chi connectivity index (χ3n) is 8.63. The van der Waals surface area contributed by atoms with Crippen LogP contribution in [0.4, 0.5) is 0 Å². The van der Waals surface area contributed by atoms with E-state index in [1.807, 2.05) is 128 Å². The zero-order valence-corrected chi connectivity index (χ0v) is 39.4. The lowest BCUT2D eigenvalue weighted by atomic mass is 10.1. The molecule has 0 aliphatic rings. The van der Waals surface area contributed by atoms with E-state index in [2.05, 4.69) is 87.6 Å². The average molecular weight is 873 g/mol. The molecule has 0 saturated heterocycles. The highest BCUT2D eigenvalue weighted by molar-refractivity contribution is 5.71. The van der Waals surface area contributed by atoms with Crippen molar-refractivity contribution >= 4 is 17.9 Å². The van der Waals surface area contributed by atoms with Crippen LogP contribution in [-0.2, 0) is 28.6 Å².